The molecule has 2 rings (SSSR count). The van der Waals surface area contributed by atoms with Crippen LogP contribution in [0.25, 0.3) is 0 Å². The van der Waals surface area contributed by atoms with Gasteiger partial charge in [-0.2, -0.15) is 0 Å². The number of amides is 1. The number of aliphatic hydroxyl groups is 1. The van der Waals surface area contributed by atoms with Crippen LogP contribution in [0.4, 0.5) is 5.69 Å². The zero-order chi connectivity index (χ0) is 13.8. The zero-order valence-electron chi connectivity index (χ0n) is 10.4. The van der Waals surface area contributed by atoms with Crippen molar-refractivity contribution >= 4 is 11.6 Å². The Morgan fingerprint density at radius 1 is 1.32 bits per heavy atom. The monoisotopic (exact) mass is 258 g/mol. The molecular weight excluding hydrogens is 244 g/mol. The first kappa shape index (κ1) is 13.0. The number of anilines is 1. The molecule has 1 unspecified atom stereocenters. The third-order valence-corrected chi connectivity index (χ3v) is 2.70. The molecule has 1 heterocycles. The zero-order valence-corrected chi connectivity index (χ0v) is 10.4. The number of rotatable bonds is 3. The summed E-state index contributed by atoms with van der Waals surface area (Å²) in [5.41, 5.74) is 1.09. The van der Waals surface area contributed by atoms with Crippen LogP contribution in [0.3, 0.4) is 0 Å². The summed E-state index contributed by atoms with van der Waals surface area (Å²) in [7, 11) is 0. The molecule has 0 radical (unpaired) electrons. The summed E-state index contributed by atoms with van der Waals surface area (Å²) in [6.07, 6.45) is 0.730. The van der Waals surface area contributed by atoms with Crippen molar-refractivity contribution in [2.75, 3.05) is 5.32 Å². The molecule has 1 amide bonds. The van der Waals surface area contributed by atoms with Crippen molar-refractivity contribution in [3.63, 3.8) is 0 Å². The van der Waals surface area contributed by atoms with E-state index >= 15 is 0 Å². The quantitative estimate of drug-likeness (QED) is 0.783. The largest absolute Gasteiger partial charge is 0.389 e. The number of hydrogen-bond donors (Lipinski definition) is 3. The lowest BCUT2D eigenvalue weighted by molar-refractivity contribution is 0.102. The highest BCUT2D eigenvalue weighted by Crippen LogP contribution is 2.22. The molecule has 1 aromatic heterocycles. The maximum atomic E-state index is 12.0. The first-order chi connectivity index (χ1) is 9.08. The van der Waals surface area contributed by atoms with E-state index in [9.17, 15) is 14.7 Å². The SMILES string of the molecule is CC(O)c1ccccc1NC(=O)c1cc[nH]c(=O)c1. The van der Waals surface area contributed by atoms with Crippen LogP contribution < -0.4 is 10.9 Å². The summed E-state index contributed by atoms with van der Waals surface area (Å²) in [4.78, 5) is 25.6. The van der Waals surface area contributed by atoms with Crippen molar-refractivity contribution < 1.29 is 9.90 Å². The highest BCUT2D eigenvalue weighted by Gasteiger charge is 2.11. The van der Waals surface area contributed by atoms with E-state index < -0.39 is 6.10 Å². The number of aliphatic hydroxyl groups excluding tert-OH is 1. The molecule has 0 saturated heterocycles. The van der Waals surface area contributed by atoms with Gasteiger partial charge in [0.25, 0.3) is 5.91 Å². The van der Waals surface area contributed by atoms with Crippen molar-refractivity contribution in [3.05, 3.63) is 64.1 Å². The minimum atomic E-state index is -0.685. The summed E-state index contributed by atoms with van der Waals surface area (Å²) in [6.45, 7) is 1.62. The molecule has 0 fully saturated rings. The summed E-state index contributed by atoms with van der Waals surface area (Å²) in [5.74, 6) is -0.390. The molecule has 0 aliphatic heterocycles. The van der Waals surface area contributed by atoms with Gasteiger partial charge in [-0.15, -0.1) is 0 Å². The standard InChI is InChI=1S/C14H14N2O3/c1-9(17)11-4-2-3-5-12(11)16-14(19)10-6-7-15-13(18)8-10/h2-9,17H,1H3,(H,15,18)(H,16,19). The summed E-state index contributed by atoms with van der Waals surface area (Å²) >= 11 is 0. The van der Waals surface area contributed by atoms with Gasteiger partial charge in [-0.3, -0.25) is 9.59 Å². The smallest absolute Gasteiger partial charge is 0.255 e. The van der Waals surface area contributed by atoms with Gasteiger partial charge in [0, 0.05) is 29.1 Å². The topological polar surface area (TPSA) is 82.2 Å². The van der Waals surface area contributed by atoms with Gasteiger partial charge < -0.3 is 15.4 Å². The second kappa shape index (κ2) is 5.49. The summed E-state index contributed by atoms with van der Waals surface area (Å²) in [5, 5.41) is 12.3. The molecule has 0 spiro atoms. The fraction of sp³-hybridized carbons (Fsp3) is 0.143. The number of H-pyrrole nitrogens is 1. The molecule has 5 nitrogen and oxygen atoms in total. The molecule has 0 saturated carbocycles. The highest BCUT2D eigenvalue weighted by molar-refractivity contribution is 6.04. The Balaban J connectivity index is 2.27. The number of carbonyl (C=O) groups is 1. The van der Waals surface area contributed by atoms with E-state index in [2.05, 4.69) is 10.3 Å². The van der Waals surface area contributed by atoms with E-state index in [-0.39, 0.29) is 17.0 Å². The highest BCUT2D eigenvalue weighted by atomic mass is 16.3. The van der Waals surface area contributed by atoms with E-state index in [1.807, 2.05) is 0 Å². The Labute approximate surface area is 109 Å². The second-order valence-corrected chi connectivity index (χ2v) is 4.16. The second-order valence-electron chi connectivity index (χ2n) is 4.16. The maximum Gasteiger partial charge on any atom is 0.255 e. The Hall–Kier alpha value is -2.40. The van der Waals surface area contributed by atoms with Crippen LogP contribution in [0.15, 0.2) is 47.4 Å². The molecule has 1 atom stereocenters. The molecule has 19 heavy (non-hydrogen) atoms. The summed E-state index contributed by atoms with van der Waals surface area (Å²) < 4.78 is 0. The number of para-hydroxylation sites is 1. The molecule has 1 aromatic carbocycles. The van der Waals surface area contributed by atoms with Crippen molar-refractivity contribution in [2.45, 2.75) is 13.0 Å². The first-order valence-electron chi connectivity index (χ1n) is 5.85. The lowest BCUT2D eigenvalue weighted by Crippen LogP contribution is -2.16. The average molecular weight is 258 g/mol. The Kier molecular flexibility index (Phi) is 3.77. The fourth-order valence-corrected chi connectivity index (χ4v) is 1.76. The fourth-order valence-electron chi connectivity index (χ4n) is 1.76. The molecule has 3 N–H and O–H groups in total. The number of hydrogen-bond acceptors (Lipinski definition) is 3. The van der Waals surface area contributed by atoms with Gasteiger partial charge in [-0.1, -0.05) is 18.2 Å². The van der Waals surface area contributed by atoms with Crippen LogP contribution in [-0.4, -0.2) is 16.0 Å². The van der Waals surface area contributed by atoms with Gasteiger partial charge in [0.15, 0.2) is 0 Å². The Morgan fingerprint density at radius 2 is 2.05 bits per heavy atom. The number of benzene rings is 1. The van der Waals surface area contributed by atoms with E-state index in [4.69, 9.17) is 0 Å². The lowest BCUT2D eigenvalue weighted by Gasteiger charge is -2.12. The van der Waals surface area contributed by atoms with Crippen LogP contribution in [-0.2, 0) is 0 Å². The number of aromatic amines is 1. The molecule has 2 aromatic rings. The van der Waals surface area contributed by atoms with Gasteiger partial charge >= 0.3 is 0 Å². The van der Waals surface area contributed by atoms with E-state index in [1.54, 1.807) is 31.2 Å². The minimum absolute atomic E-state index is 0.268. The number of aromatic nitrogens is 1. The van der Waals surface area contributed by atoms with Crippen molar-refractivity contribution in [1.29, 1.82) is 0 Å². The lowest BCUT2D eigenvalue weighted by atomic mass is 10.1. The first-order valence-corrected chi connectivity index (χ1v) is 5.85. The third-order valence-electron chi connectivity index (χ3n) is 2.70. The molecular formula is C14H14N2O3. The van der Waals surface area contributed by atoms with Crippen molar-refractivity contribution in [3.8, 4) is 0 Å². The maximum absolute atomic E-state index is 12.0. The Bertz CT molecular complexity index is 647. The van der Waals surface area contributed by atoms with Crippen molar-refractivity contribution in [2.24, 2.45) is 0 Å². The normalized spacial score (nSPS) is 11.9. The van der Waals surface area contributed by atoms with Crippen LogP contribution in [0.5, 0.6) is 0 Å². The van der Waals surface area contributed by atoms with Gasteiger partial charge in [-0.05, 0) is 19.1 Å². The molecule has 0 aliphatic rings. The molecule has 5 heteroatoms. The number of pyridine rings is 1. The number of nitrogens with one attached hydrogen (secondary N) is 2. The molecule has 0 bridgehead atoms. The van der Waals surface area contributed by atoms with Crippen molar-refractivity contribution in [1.82, 2.24) is 4.98 Å². The van der Waals surface area contributed by atoms with Gasteiger partial charge in [0.1, 0.15) is 0 Å². The van der Waals surface area contributed by atoms with Crippen LogP contribution in [0, 0.1) is 0 Å². The predicted octanol–water partition coefficient (Wildman–Crippen LogP) is 1.68. The number of carbonyl (C=O) groups excluding carboxylic acids is 1. The average Bonchev–Trinajstić information content (AvgIpc) is 2.39. The van der Waals surface area contributed by atoms with Gasteiger partial charge in [0.2, 0.25) is 5.56 Å². The Morgan fingerprint density at radius 3 is 2.74 bits per heavy atom. The molecule has 98 valence electrons. The molecule has 0 aliphatic carbocycles. The van der Waals surface area contributed by atoms with E-state index in [1.165, 1.54) is 18.3 Å². The van der Waals surface area contributed by atoms with E-state index in [0.717, 1.165) is 0 Å². The van der Waals surface area contributed by atoms with Gasteiger partial charge in [-0.25, -0.2) is 0 Å². The van der Waals surface area contributed by atoms with Crippen LogP contribution in [0.2, 0.25) is 0 Å². The minimum Gasteiger partial charge on any atom is -0.389 e. The van der Waals surface area contributed by atoms with E-state index in [0.29, 0.717) is 11.3 Å². The van der Waals surface area contributed by atoms with Crippen LogP contribution in [0.1, 0.15) is 28.9 Å². The van der Waals surface area contributed by atoms with Gasteiger partial charge in [0.05, 0.1) is 6.10 Å². The summed E-state index contributed by atoms with van der Waals surface area (Å²) in [6, 6.07) is 9.72. The van der Waals surface area contributed by atoms with Crippen LogP contribution >= 0.6 is 0 Å². The predicted molar refractivity (Wildman–Crippen MR) is 72.1 cm³/mol. The third kappa shape index (κ3) is 3.08.